The molecular weight excluding hydrogens is 418 g/mol. The third-order valence-corrected chi connectivity index (χ3v) is 3.10. The van der Waals surface area contributed by atoms with Crippen molar-refractivity contribution in [1.29, 1.82) is 0 Å². The summed E-state index contributed by atoms with van der Waals surface area (Å²) < 4.78 is 0. The fourth-order valence-corrected chi connectivity index (χ4v) is 1.92. The van der Waals surface area contributed by atoms with Crippen molar-refractivity contribution in [2.45, 2.75) is 61.1 Å². The largest absolute Gasteiger partial charge is 1.00 e. The molecule has 23 heavy (non-hydrogen) atoms. The van der Waals surface area contributed by atoms with E-state index in [4.69, 9.17) is 0 Å². The van der Waals surface area contributed by atoms with Gasteiger partial charge >= 0.3 is 41.9 Å². The van der Waals surface area contributed by atoms with Crippen molar-refractivity contribution in [2.24, 2.45) is 11.3 Å². The zero-order valence-corrected chi connectivity index (χ0v) is 20.7. The first-order valence-electron chi connectivity index (χ1n) is 7.62. The van der Waals surface area contributed by atoms with Crippen molar-refractivity contribution in [2.75, 3.05) is 0 Å². The summed E-state index contributed by atoms with van der Waals surface area (Å²) in [7, 11) is 0. The van der Waals surface area contributed by atoms with Crippen LogP contribution in [-0.2, 0) is 23.3 Å². The Morgan fingerprint density at radius 3 is 1.78 bits per heavy atom. The van der Waals surface area contributed by atoms with Gasteiger partial charge in [0.05, 0.1) is 0 Å². The van der Waals surface area contributed by atoms with Gasteiger partial charge in [-0.1, -0.05) is 46.0 Å². The first kappa shape index (κ1) is 28.4. The van der Waals surface area contributed by atoms with E-state index in [1.165, 1.54) is 16.7 Å². The maximum Gasteiger partial charge on any atom is -1.00 e. The Kier molecular flexibility index (Phi) is 17.2. The van der Waals surface area contributed by atoms with E-state index in [0.717, 1.165) is 6.42 Å². The third-order valence-electron chi connectivity index (χ3n) is 3.10. The molecule has 2 rings (SSSR count). The molecule has 2 aliphatic rings. The minimum Gasteiger partial charge on any atom is -1.00 e. The summed E-state index contributed by atoms with van der Waals surface area (Å²) >= 11 is 1.74. The molecule has 0 N–H and O–H groups in total. The molecule has 0 amide bonds. The maximum atomic E-state index is 3.29. The van der Waals surface area contributed by atoms with Gasteiger partial charge in [0.15, 0.2) is 0 Å². The average Bonchev–Trinajstić information content (AvgIpc) is 2.88. The van der Waals surface area contributed by atoms with Crippen LogP contribution in [0.1, 0.15) is 48.0 Å². The van der Waals surface area contributed by atoms with Crippen LogP contribution >= 0.6 is 0 Å². The fourth-order valence-electron chi connectivity index (χ4n) is 1.92. The normalized spacial score (nSPS) is 18.0. The van der Waals surface area contributed by atoms with Crippen LogP contribution < -0.4 is 24.8 Å². The van der Waals surface area contributed by atoms with Crippen molar-refractivity contribution in [1.82, 2.24) is 0 Å². The number of allylic oxidation sites excluding steroid dienone is 8. The molecule has 0 nitrogen and oxygen atoms in total. The quantitative estimate of drug-likeness (QED) is 0.357. The Morgan fingerprint density at radius 1 is 1.17 bits per heavy atom. The van der Waals surface area contributed by atoms with E-state index < -0.39 is 0 Å². The summed E-state index contributed by atoms with van der Waals surface area (Å²) in [5.74, 6) is 0.551. The van der Waals surface area contributed by atoms with Crippen molar-refractivity contribution >= 4 is 5.43 Å². The van der Waals surface area contributed by atoms with Crippen LogP contribution in [0.15, 0.2) is 34.9 Å². The molecule has 1 unspecified atom stereocenters. The molecule has 0 radical (unpaired) electrons. The molecule has 0 saturated carbocycles. The topological polar surface area (TPSA) is 0 Å². The molecule has 0 fully saturated rings. The van der Waals surface area contributed by atoms with Crippen LogP contribution in [0.3, 0.4) is 0 Å². The van der Waals surface area contributed by atoms with Crippen LogP contribution in [-0.4, -0.2) is 5.43 Å². The van der Waals surface area contributed by atoms with Crippen molar-refractivity contribution in [3.8, 4) is 0 Å². The molecule has 0 saturated heterocycles. The van der Waals surface area contributed by atoms with E-state index >= 15 is 0 Å². The molecule has 0 aliphatic heterocycles. The first-order valence-corrected chi connectivity index (χ1v) is 13.8. The molecule has 0 aromatic carbocycles. The van der Waals surface area contributed by atoms with Crippen LogP contribution in [0.5, 0.6) is 0 Å². The maximum absolute atomic E-state index is 3.29. The molecule has 1 atom stereocenters. The van der Waals surface area contributed by atoms with Gasteiger partial charge in [0.2, 0.25) is 0 Å². The van der Waals surface area contributed by atoms with E-state index in [1.54, 1.807) is 23.3 Å². The van der Waals surface area contributed by atoms with Gasteiger partial charge < -0.3 is 24.8 Å². The minimum atomic E-state index is 0. The molecule has 0 bridgehead atoms. The summed E-state index contributed by atoms with van der Waals surface area (Å²) in [5, 5.41) is 0. The number of rotatable bonds is 0. The fraction of sp³-hybridized carbons (Fsp3) is 0.579. The van der Waals surface area contributed by atoms with Gasteiger partial charge in [0.25, 0.3) is 0 Å². The van der Waals surface area contributed by atoms with E-state index in [9.17, 15) is 0 Å². The van der Waals surface area contributed by atoms with Gasteiger partial charge in [0.1, 0.15) is 0 Å². The van der Waals surface area contributed by atoms with Gasteiger partial charge in [-0.2, -0.15) is 17.7 Å². The Balaban J connectivity index is -0.000000267. The Bertz CT molecular complexity index is 458. The standard InChI is InChI=1S/C9H13.C8H11.C2H6Si.2ClH.Zr/c1-9(2,3)8-6-4-5-7-8;1-6-4-7(2)8(3)5-6;1-3-2;;;/h6-7H,4H2,1-3H3;4,6H,1-3H3;1-2H3;2*1H;/q2*-1;;;;+2/p-2. The predicted octanol–water partition coefficient (Wildman–Crippen LogP) is -0.154. The molecule has 130 valence electrons. The van der Waals surface area contributed by atoms with Crippen molar-refractivity contribution in [3.63, 3.8) is 0 Å². The molecule has 4 heteroatoms. The van der Waals surface area contributed by atoms with Crippen LogP contribution in [0.25, 0.3) is 0 Å². The van der Waals surface area contributed by atoms with E-state index in [0.29, 0.717) is 11.3 Å². The van der Waals surface area contributed by atoms with E-state index in [-0.39, 0.29) is 30.2 Å². The summed E-state index contributed by atoms with van der Waals surface area (Å²) in [6, 6.07) is 0. The Morgan fingerprint density at radius 2 is 1.65 bits per heavy atom. The summed E-state index contributed by atoms with van der Waals surface area (Å²) in [4.78, 5) is 0. The molecule has 2 aliphatic carbocycles. The summed E-state index contributed by atoms with van der Waals surface area (Å²) in [6.07, 6.45) is 14.0. The molecular formula is C19H30Cl2SiZr-2. The van der Waals surface area contributed by atoms with Crippen LogP contribution in [0.4, 0.5) is 0 Å². The predicted molar refractivity (Wildman–Crippen MR) is 92.8 cm³/mol. The second-order valence-electron chi connectivity index (χ2n) is 6.87. The summed E-state index contributed by atoms with van der Waals surface area (Å²) in [6.45, 7) is 17.7. The van der Waals surface area contributed by atoms with Gasteiger partial charge in [0, 0.05) is 0 Å². The van der Waals surface area contributed by atoms with E-state index in [2.05, 4.69) is 85.0 Å². The van der Waals surface area contributed by atoms with Gasteiger partial charge in [-0.3, -0.25) is 12.2 Å². The number of hydrogen-bond donors (Lipinski definition) is 0. The summed E-state index contributed by atoms with van der Waals surface area (Å²) in [5.41, 5.74) is 4.66. The zero-order valence-electron chi connectivity index (χ0n) is 15.8. The van der Waals surface area contributed by atoms with Crippen LogP contribution in [0.2, 0.25) is 13.1 Å². The molecule has 0 spiro atoms. The molecule has 0 heterocycles. The van der Waals surface area contributed by atoms with E-state index in [1.807, 2.05) is 0 Å². The second kappa shape index (κ2) is 13.9. The van der Waals surface area contributed by atoms with Crippen molar-refractivity contribution in [3.05, 3.63) is 47.1 Å². The third kappa shape index (κ3) is 14.7. The second-order valence-corrected chi connectivity index (χ2v) is 16.2. The SMILES string of the molecule is CC(C)(C)C1=CC[C-]=C1.CC1=[C-]C(C)C=C1C.C[Si](C)=[Zr+2].[Cl-].[Cl-]. The average molecular weight is 449 g/mol. The van der Waals surface area contributed by atoms with Crippen LogP contribution in [0, 0.1) is 23.5 Å². The van der Waals surface area contributed by atoms with Gasteiger partial charge in [-0.15, -0.1) is 13.3 Å². The number of halogens is 2. The smallest absolute Gasteiger partial charge is 1.00 e. The van der Waals surface area contributed by atoms with Gasteiger partial charge in [-0.25, -0.2) is 17.2 Å². The van der Waals surface area contributed by atoms with Gasteiger partial charge in [-0.05, 0) is 0 Å². The monoisotopic (exact) mass is 446 g/mol. The number of hydrogen-bond acceptors (Lipinski definition) is 0. The Hall–Kier alpha value is 0.640. The first-order chi connectivity index (χ1) is 9.54. The molecule has 0 aromatic heterocycles. The minimum absolute atomic E-state index is 0. The molecule has 0 aromatic rings. The Labute approximate surface area is 172 Å². The van der Waals surface area contributed by atoms with Crippen molar-refractivity contribution < 1.29 is 48.1 Å². The zero-order chi connectivity index (χ0) is 16.6.